The van der Waals surface area contributed by atoms with E-state index >= 15 is 0 Å². The summed E-state index contributed by atoms with van der Waals surface area (Å²) >= 11 is 5.96. The lowest BCUT2D eigenvalue weighted by atomic mass is 10.1. The molecule has 7 heteroatoms. The molecule has 1 aromatic rings. The highest BCUT2D eigenvalue weighted by atomic mass is 127. The van der Waals surface area contributed by atoms with Crippen LogP contribution in [-0.4, -0.2) is 55.9 Å². The van der Waals surface area contributed by atoms with Crippen LogP contribution in [0.25, 0.3) is 0 Å². The Labute approximate surface area is 191 Å². The van der Waals surface area contributed by atoms with Gasteiger partial charge in [0.25, 0.3) is 0 Å². The van der Waals surface area contributed by atoms with E-state index in [0.717, 1.165) is 63.1 Å². The van der Waals surface area contributed by atoms with Gasteiger partial charge in [0.1, 0.15) is 0 Å². The van der Waals surface area contributed by atoms with E-state index in [9.17, 15) is 0 Å². The van der Waals surface area contributed by atoms with Gasteiger partial charge >= 0.3 is 0 Å². The normalized spacial score (nSPS) is 21.3. The molecule has 2 aliphatic rings. The van der Waals surface area contributed by atoms with Crippen molar-refractivity contribution in [3.8, 4) is 0 Å². The second-order valence-corrected chi connectivity index (χ2v) is 7.74. The number of benzene rings is 1. The van der Waals surface area contributed by atoms with E-state index < -0.39 is 0 Å². The van der Waals surface area contributed by atoms with Crippen molar-refractivity contribution in [1.82, 2.24) is 10.2 Å². The monoisotopic (exact) mass is 521 g/mol. The molecule has 3 rings (SSSR count). The van der Waals surface area contributed by atoms with Crippen LogP contribution < -0.4 is 5.32 Å². The number of piperidine rings is 1. The minimum absolute atomic E-state index is 0. The van der Waals surface area contributed by atoms with Crippen LogP contribution in [0.15, 0.2) is 29.3 Å². The molecule has 0 aliphatic carbocycles. The Morgan fingerprint density at radius 3 is 2.61 bits per heavy atom. The largest absolute Gasteiger partial charge is 0.376 e. The van der Waals surface area contributed by atoms with Gasteiger partial charge in [0.15, 0.2) is 5.96 Å². The molecule has 0 spiro atoms. The third-order valence-corrected chi connectivity index (χ3v) is 5.44. The molecule has 2 aliphatic heterocycles. The maximum Gasteiger partial charge on any atom is 0.194 e. The Balaban J connectivity index is 0.00000280. The fourth-order valence-corrected chi connectivity index (χ4v) is 3.72. The van der Waals surface area contributed by atoms with Crippen LogP contribution in [-0.2, 0) is 16.0 Å². The van der Waals surface area contributed by atoms with Gasteiger partial charge in [-0.25, -0.2) is 4.99 Å². The third-order valence-electron chi connectivity index (χ3n) is 5.19. The van der Waals surface area contributed by atoms with Crippen molar-refractivity contribution >= 4 is 41.5 Å². The smallest absolute Gasteiger partial charge is 0.194 e. The predicted octanol–water partition coefficient (Wildman–Crippen LogP) is 4.47. The first-order chi connectivity index (χ1) is 13.2. The molecule has 1 N–H and O–H groups in total. The zero-order valence-electron chi connectivity index (χ0n) is 16.7. The molecule has 2 fully saturated rings. The van der Waals surface area contributed by atoms with Crippen molar-refractivity contribution in [2.45, 2.75) is 57.8 Å². The van der Waals surface area contributed by atoms with Crippen molar-refractivity contribution in [2.75, 3.05) is 32.8 Å². The van der Waals surface area contributed by atoms with Crippen LogP contribution in [0.2, 0.25) is 5.02 Å². The topological polar surface area (TPSA) is 46.1 Å². The zero-order chi connectivity index (χ0) is 18.9. The van der Waals surface area contributed by atoms with Crippen LogP contribution in [0.1, 0.15) is 44.6 Å². The van der Waals surface area contributed by atoms with Crippen molar-refractivity contribution in [3.63, 3.8) is 0 Å². The number of rotatable bonds is 6. The molecular weight excluding hydrogens is 489 g/mol. The van der Waals surface area contributed by atoms with Gasteiger partial charge in [0.05, 0.1) is 25.4 Å². The fourth-order valence-electron chi connectivity index (χ4n) is 3.60. The van der Waals surface area contributed by atoms with Gasteiger partial charge in [-0.15, -0.1) is 24.0 Å². The van der Waals surface area contributed by atoms with E-state index in [-0.39, 0.29) is 24.0 Å². The summed E-state index contributed by atoms with van der Waals surface area (Å²) in [6.45, 7) is 7.23. The SMILES string of the molecule is CCNC(=NCc1ccc(Cl)cc1)N1CCC(OCC2CCCCO2)CC1.I. The summed E-state index contributed by atoms with van der Waals surface area (Å²) in [4.78, 5) is 7.15. The lowest BCUT2D eigenvalue weighted by molar-refractivity contribution is -0.0721. The number of ether oxygens (including phenoxy) is 2. The van der Waals surface area contributed by atoms with Crippen molar-refractivity contribution < 1.29 is 9.47 Å². The predicted molar refractivity (Wildman–Crippen MR) is 126 cm³/mol. The second kappa shape index (κ2) is 12.9. The zero-order valence-corrected chi connectivity index (χ0v) is 19.8. The van der Waals surface area contributed by atoms with Crippen LogP contribution in [0.5, 0.6) is 0 Å². The van der Waals surface area contributed by atoms with Crippen LogP contribution in [0.4, 0.5) is 0 Å². The van der Waals surface area contributed by atoms with E-state index in [4.69, 9.17) is 26.1 Å². The summed E-state index contributed by atoms with van der Waals surface area (Å²) in [6, 6.07) is 7.89. The first-order valence-corrected chi connectivity index (χ1v) is 10.6. The van der Waals surface area contributed by atoms with Gasteiger partial charge in [-0.3, -0.25) is 0 Å². The van der Waals surface area contributed by atoms with E-state index in [2.05, 4.69) is 17.1 Å². The average Bonchev–Trinajstić information content (AvgIpc) is 2.72. The molecule has 0 saturated carbocycles. The van der Waals surface area contributed by atoms with Gasteiger partial charge < -0.3 is 19.7 Å². The van der Waals surface area contributed by atoms with Crippen LogP contribution in [0.3, 0.4) is 0 Å². The summed E-state index contributed by atoms with van der Waals surface area (Å²) in [5.41, 5.74) is 1.17. The van der Waals surface area contributed by atoms with Gasteiger partial charge in [-0.05, 0) is 56.7 Å². The number of nitrogens with one attached hydrogen (secondary N) is 1. The average molecular weight is 522 g/mol. The van der Waals surface area contributed by atoms with E-state index in [1.54, 1.807) is 0 Å². The summed E-state index contributed by atoms with van der Waals surface area (Å²) in [5, 5.41) is 4.18. The molecule has 2 saturated heterocycles. The number of hydrogen-bond donors (Lipinski definition) is 1. The van der Waals surface area contributed by atoms with Crippen molar-refractivity contribution in [1.29, 1.82) is 0 Å². The molecule has 0 radical (unpaired) electrons. The maximum atomic E-state index is 6.13. The minimum atomic E-state index is 0. The number of guanidine groups is 1. The molecule has 1 aromatic carbocycles. The lowest BCUT2D eigenvalue weighted by Crippen LogP contribution is -2.47. The number of likely N-dealkylation sites (tertiary alicyclic amines) is 1. The Bertz CT molecular complexity index is 586. The van der Waals surface area contributed by atoms with Gasteiger partial charge in [-0.2, -0.15) is 0 Å². The highest BCUT2D eigenvalue weighted by Crippen LogP contribution is 2.18. The standard InChI is InChI=1S/C21H32ClN3O2.HI/c1-2-23-21(24-15-17-6-8-18(22)9-7-17)25-12-10-19(11-13-25)27-16-20-5-3-4-14-26-20;/h6-9,19-20H,2-5,10-16H2,1H3,(H,23,24);1H. The fraction of sp³-hybridized carbons (Fsp3) is 0.667. The van der Waals surface area contributed by atoms with Gasteiger partial charge in [-0.1, -0.05) is 23.7 Å². The molecule has 158 valence electrons. The Morgan fingerprint density at radius 2 is 1.96 bits per heavy atom. The molecule has 0 amide bonds. The highest BCUT2D eigenvalue weighted by Gasteiger charge is 2.23. The number of hydrogen-bond acceptors (Lipinski definition) is 3. The second-order valence-electron chi connectivity index (χ2n) is 7.30. The minimum Gasteiger partial charge on any atom is -0.376 e. The van der Waals surface area contributed by atoms with Crippen LogP contribution in [0, 0.1) is 0 Å². The van der Waals surface area contributed by atoms with E-state index in [1.807, 2.05) is 24.3 Å². The quantitative estimate of drug-likeness (QED) is 0.341. The summed E-state index contributed by atoms with van der Waals surface area (Å²) in [7, 11) is 0. The molecule has 1 atom stereocenters. The number of halogens is 2. The van der Waals surface area contributed by atoms with Gasteiger partial charge in [0, 0.05) is 31.3 Å². The number of aliphatic imine (C=N–C) groups is 1. The first kappa shape index (κ1) is 23.7. The van der Waals surface area contributed by atoms with Gasteiger partial charge in [0.2, 0.25) is 0 Å². The molecule has 5 nitrogen and oxygen atoms in total. The molecular formula is C21H33ClIN3O2. The molecule has 1 unspecified atom stereocenters. The third kappa shape index (κ3) is 7.69. The molecule has 0 aromatic heterocycles. The lowest BCUT2D eigenvalue weighted by Gasteiger charge is -2.35. The Kier molecular flexibility index (Phi) is 10.9. The number of nitrogens with zero attached hydrogens (tertiary/aromatic N) is 2. The molecule has 28 heavy (non-hydrogen) atoms. The van der Waals surface area contributed by atoms with E-state index in [0.29, 0.717) is 18.8 Å². The summed E-state index contributed by atoms with van der Waals surface area (Å²) in [6.07, 6.45) is 6.32. The van der Waals surface area contributed by atoms with Crippen molar-refractivity contribution in [3.05, 3.63) is 34.9 Å². The first-order valence-electron chi connectivity index (χ1n) is 10.3. The highest BCUT2D eigenvalue weighted by molar-refractivity contribution is 14.0. The molecule has 2 heterocycles. The van der Waals surface area contributed by atoms with E-state index in [1.165, 1.54) is 18.4 Å². The molecule has 0 bridgehead atoms. The maximum absolute atomic E-state index is 6.13. The Morgan fingerprint density at radius 1 is 1.21 bits per heavy atom. The Hall–Kier alpha value is -0.570. The van der Waals surface area contributed by atoms with Crippen molar-refractivity contribution in [2.24, 2.45) is 4.99 Å². The summed E-state index contributed by atoms with van der Waals surface area (Å²) < 4.78 is 11.9. The summed E-state index contributed by atoms with van der Waals surface area (Å²) in [5.74, 6) is 0.988. The van der Waals surface area contributed by atoms with Crippen LogP contribution >= 0.6 is 35.6 Å².